The Morgan fingerprint density at radius 2 is 2.00 bits per heavy atom. The Labute approximate surface area is 118 Å². The molecule has 0 aliphatic rings. The summed E-state index contributed by atoms with van der Waals surface area (Å²) in [5.74, 6) is 0. The topological polar surface area (TPSA) is 55.6 Å². The summed E-state index contributed by atoms with van der Waals surface area (Å²) in [6.45, 7) is 11.3. The van der Waals surface area contributed by atoms with E-state index in [1.165, 1.54) is 11.3 Å². The van der Waals surface area contributed by atoms with Crippen LogP contribution in [0.25, 0.3) is 5.13 Å². The van der Waals surface area contributed by atoms with Crippen molar-refractivity contribution in [1.82, 2.24) is 25.3 Å². The number of nitrogens with one attached hydrogen (secondary N) is 1. The van der Waals surface area contributed by atoms with Crippen LogP contribution in [0.4, 0.5) is 0 Å². The number of rotatable bonds is 5. The van der Waals surface area contributed by atoms with Gasteiger partial charge in [-0.25, -0.2) is 4.68 Å². The van der Waals surface area contributed by atoms with Crippen LogP contribution in [0.15, 0.2) is 0 Å². The molecule has 0 amide bonds. The van der Waals surface area contributed by atoms with Crippen LogP contribution in [0, 0.1) is 13.8 Å². The molecule has 2 aromatic rings. The molecular formula is C13H21N5S. The third kappa shape index (κ3) is 3.01. The number of aromatic nitrogens is 4. The summed E-state index contributed by atoms with van der Waals surface area (Å²) in [6.07, 6.45) is 0.998. The Morgan fingerprint density at radius 1 is 1.26 bits per heavy atom. The molecule has 19 heavy (non-hydrogen) atoms. The zero-order chi connectivity index (χ0) is 14.0. The molecule has 0 aliphatic carbocycles. The smallest absolute Gasteiger partial charge is 0.233 e. The van der Waals surface area contributed by atoms with Gasteiger partial charge in [0.15, 0.2) is 0 Å². The van der Waals surface area contributed by atoms with Crippen LogP contribution in [-0.2, 0) is 13.0 Å². The Morgan fingerprint density at radius 3 is 2.58 bits per heavy atom. The van der Waals surface area contributed by atoms with Crippen molar-refractivity contribution in [1.29, 1.82) is 0 Å². The Hall–Kier alpha value is -1.27. The highest BCUT2D eigenvalue weighted by Crippen LogP contribution is 2.20. The van der Waals surface area contributed by atoms with Gasteiger partial charge in [-0.15, -0.1) is 10.2 Å². The summed E-state index contributed by atoms with van der Waals surface area (Å²) in [5.41, 5.74) is 3.55. The first kappa shape index (κ1) is 14.1. The number of aryl methyl sites for hydroxylation is 1. The van der Waals surface area contributed by atoms with Crippen LogP contribution < -0.4 is 5.32 Å². The minimum atomic E-state index is 0.452. The first-order valence-electron chi connectivity index (χ1n) is 6.64. The maximum Gasteiger partial charge on any atom is 0.233 e. The van der Waals surface area contributed by atoms with Gasteiger partial charge < -0.3 is 5.32 Å². The summed E-state index contributed by atoms with van der Waals surface area (Å²) in [4.78, 5) is 0. The van der Waals surface area contributed by atoms with E-state index in [9.17, 15) is 0 Å². The molecule has 0 bridgehead atoms. The zero-order valence-electron chi connectivity index (χ0n) is 12.2. The lowest BCUT2D eigenvalue weighted by Crippen LogP contribution is -2.21. The minimum absolute atomic E-state index is 0.452. The lowest BCUT2D eigenvalue weighted by atomic mass is 10.1. The predicted molar refractivity (Wildman–Crippen MR) is 77.9 cm³/mol. The average Bonchev–Trinajstić information content (AvgIpc) is 2.92. The van der Waals surface area contributed by atoms with Crippen molar-refractivity contribution >= 4 is 11.3 Å². The van der Waals surface area contributed by atoms with Gasteiger partial charge in [0.05, 0.1) is 5.69 Å². The lowest BCUT2D eigenvalue weighted by Gasteiger charge is -2.03. The highest BCUT2D eigenvalue weighted by atomic mass is 32.1. The second-order valence-corrected chi connectivity index (χ2v) is 5.97. The van der Waals surface area contributed by atoms with Gasteiger partial charge in [0.25, 0.3) is 0 Å². The number of hydrogen-bond donors (Lipinski definition) is 1. The Bertz CT molecular complexity index is 555. The van der Waals surface area contributed by atoms with E-state index in [1.807, 2.05) is 11.6 Å². The fourth-order valence-corrected chi connectivity index (χ4v) is 2.86. The fraction of sp³-hybridized carbons (Fsp3) is 0.615. The molecule has 104 valence electrons. The average molecular weight is 279 g/mol. The van der Waals surface area contributed by atoms with Crippen LogP contribution in [0.1, 0.15) is 42.7 Å². The van der Waals surface area contributed by atoms with Gasteiger partial charge in [-0.1, -0.05) is 32.1 Å². The van der Waals surface area contributed by atoms with Gasteiger partial charge in [0, 0.05) is 18.3 Å². The molecule has 6 heteroatoms. The Kier molecular flexibility index (Phi) is 4.31. The highest BCUT2D eigenvalue weighted by Gasteiger charge is 2.14. The summed E-state index contributed by atoms with van der Waals surface area (Å²) in [7, 11) is 0. The van der Waals surface area contributed by atoms with E-state index in [4.69, 9.17) is 0 Å². The van der Waals surface area contributed by atoms with Crippen LogP contribution in [-0.4, -0.2) is 26.0 Å². The minimum Gasteiger partial charge on any atom is -0.308 e. The molecule has 0 aromatic carbocycles. The van der Waals surface area contributed by atoms with Crippen LogP contribution in [0.5, 0.6) is 0 Å². The summed E-state index contributed by atoms with van der Waals surface area (Å²) in [5, 5.41) is 18.2. The molecule has 0 saturated carbocycles. The van der Waals surface area contributed by atoms with Gasteiger partial charge in [-0.2, -0.15) is 5.10 Å². The third-order valence-electron chi connectivity index (χ3n) is 3.09. The van der Waals surface area contributed by atoms with Gasteiger partial charge in [-0.3, -0.25) is 0 Å². The summed E-state index contributed by atoms with van der Waals surface area (Å²) >= 11 is 1.59. The monoisotopic (exact) mass is 279 g/mol. The van der Waals surface area contributed by atoms with Gasteiger partial charge >= 0.3 is 0 Å². The second-order valence-electron chi connectivity index (χ2n) is 4.93. The quantitative estimate of drug-likeness (QED) is 0.913. The van der Waals surface area contributed by atoms with Gasteiger partial charge in [0.1, 0.15) is 5.01 Å². The molecule has 1 N–H and O–H groups in total. The van der Waals surface area contributed by atoms with Gasteiger partial charge in [0.2, 0.25) is 5.13 Å². The van der Waals surface area contributed by atoms with Crippen LogP contribution >= 0.6 is 11.3 Å². The van der Waals surface area contributed by atoms with Crippen molar-refractivity contribution in [2.75, 3.05) is 0 Å². The predicted octanol–water partition coefficient (Wildman–Crippen LogP) is 2.40. The summed E-state index contributed by atoms with van der Waals surface area (Å²) in [6, 6.07) is 0.452. The van der Waals surface area contributed by atoms with E-state index >= 15 is 0 Å². The van der Waals surface area contributed by atoms with Crippen molar-refractivity contribution in [3.8, 4) is 5.13 Å². The largest absolute Gasteiger partial charge is 0.308 e. The van der Waals surface area contributed by atoms with E-state index in [-0.39, 0.29) is 0 Å². The normalized spacial score (nSPS) is 11.5. The van der Waals surface area contributed by atoms with Crippen molar-refractivity contribution < 1.29 is 0 Å². The molecule has 0 radical (unpaired) electrons. The molecule has 0 atom stereocenters. The maximum atomic E-state index is 4.56. The van der Waals surface area contributed by atoms with E-state index in [1.54, 1.807) is 11.3 Å². The van der Waals surface area contributed by atoms with E-state index in [0.29, 0.717) is 6.04 Å². The van der Waals surface area contributed by atoms with E-state index < -0.39 is 0 Å². The molecule has 5 nitrogen and oxygen atoms in total. The van der Waals surface area contributed by atoms with Crippen molar-refractivity contribution in [3.05, 3.63) is 22.0 Å². The highest BCUT2D eigenvalue weighted by molar-refractivity contribution is 7.13. The molecule has 2 heterocycles. The van der Waals surface area contributed by atoms with Crippen LogP contribution in [0.3, 0.4) is 0 Å². The molecule has 0 saturated heterocycles. The molecule has 0 fully saturated rings. The zero-order valence-corrected chi connectivity index (χ0v) is 13.0. The molecule has 2 aromatic heterocycles. The molecule has 2 rings (SSSR count). The van der Waals surface area contributed by atoms with Crippen molar-refractivity contribution in [3.63, 3.8) is 0 Å². The SMILES string of the molecule is CCc1c(C)nn(-c2nnc(CNC(C)C)s2)c1C. The van der Waals surface area contributed by atoms with Gasteiger partial charge in [-0.05, 0) is 25.8 Å². The van der Waals surface area contributed by atoms with Crippen molar-refractivity contribution in [2.45, 2.75) is 53.6 Å². The second kappa shape index (κ2) is 5.79. The van der Waals surface area contributed by atoms with E-state index in [2.05, 4.69) is 48.3 Å². The van der Waals surface area contributed by atoms with E-state index in [0.717, 1.165) is 28.8 Å². The Balaban J connectivity index is 2.23. The molecule has 0 aliphatic heterocycles. The molecular weight excluding hydrogens is 258 g/mol. The standard InChI is InChI=1S/C13H21N5S/c1-6-11-9(4)17-18(10(11)5)13-16-15-12(19-13)7-14-8(2)3/h8,14H,6-7H2,1-5H3. The molecule has 0 spiro atoms. The lowest BCUT2D eigenvalue weighted by molar-refractivity contribution is 0.584. The maximum absolute atomic E-state index is 4.56. The first-order chi connectivity index (χ1) is 9.02. The fourth-order valence-electron chi connectivity index (χ4n) is 2.07. The third-order valence-corrected chi connectivity index (χ3v) is 3.99. The number of hydrogen-bond acceptors (Lipinski definition) is 5. The number of nitrogens with zero attached hydrogens (tertiary/aromatic N) is 4. The molecule has 0 unspecified atom stereocenters. The van der Waals surface area contributed by atoms with Crippen molar-refractivity contribution in [2.24, 2.45) is 0 Å². The summed E-state index contributed by atoms with van der Waals surface area (Å²) < 4.78 is 1.91. The van der Waals surface area contributed by atoms with Crippen LogP contribution in [0.2, 0.25) is 0 Å². The first-order valence-corrected chi connectivity index (χ1v) is 7.45.